The quantitative estimate of drug-likeness (QED) is 0.296. The number of nitrogen functional groups attached to an aromatic ring is 1. The first-order valence-corrected chi connectivity index (χ1v) is 11.5. The van der Waals surface area contributed by atoms with Crippen LogP contribution in [0.4, 0.5) is 24.9 Å². The Morgan fingerprint density at radius 1 is 1.18 bits per heavy atom. The third-order valence-electron chi connectivity index (χ3n) is 5.07. The standard InChI is InChI=1S/C25H30F3N5O4.CH4/c1-24(2,3)37-20(35)11-6-5-10-18(31-21-17(14-29)22(36-4)33-23(30)32-21)19(34)13-15-8-7-9-16(12-15)25(26,27)28;/h7-9,12,18H,5-6,10-11,13H2,1-4H3,(H3,30,31,32,33);1H4/t18-;/m0./s1. The monoisotopic (exact) mass is 537 g/mol. The maximum Gasteiger partial charge on any atom is 0.416 e. The zero-order valence-electron chi connectivity index (χ0n) is 21.1. The molecule has 3 N–H and O–H groups in total. The minimum Gasteiger partial charge on any atom is -0.480 e. The molecule has 0 bridgehead atoms. The summed E-state index contributed by atoms with van der Waals surface area (Å²) in [6.45, 7) is 5.27. The summed E-state index contributed by atoms with van der Waals surface area (Å²) in [4.78, 5) is 33.0. The van der Waals surface area contributed by atoms with Crippen molar-refractivity contribution in [2.24, 2.45) is 0 Å². The molecule has 9 nitrogen and oxygen atoms in total. The van der Waals surface area contributed by atoms with E-state index in [9.17, 15) is 28.0 Å². The van der Waals surface area contributed by atoms with Crippen molar-refractivity contribution in [3.05, 3.63) is 41.0 Å². The van der Waals surface area contributed by atoms with E-state index >= 15 is 0 Å². The van der Waals surface area contributed by atoms with Crippen LogP contribution in [0.1, 0.15) is 70.6 Å². The number of ether oxygens (including phenoxy) is 2. The molecule has 12 heteroatoms. The number of hydrogen-bond acceptors (Lipinski definition) is 9. The van der Waals surface area contributed by atoms with E-state index < -0.39 is 29.2 Å². The van der Waals surface area contributed by atoms with Gasteiger partial charge in [-0.05, 0) is 45.2 Å². The largest absolute Gasteiger partial charge is 0.480 e. The van der Waals surface area contributed by atoms with Gasteiger partial charge in [-0.25, -0.2) is 0 Å². The van der Waals surface area contributed by atoms with Gasteiger partial charge in [0.15, 0.2) is 17.2 Å². The van der Waals surface area contributed by atoms with Gasteiger partial charge in [0.25, 0.3) is 0 Å². The molecule has 0 aliphatic heterocycles. The van der Waals surface area contributed by atoms with Gasteiger partial charge in [0.1, 0.15) is 11.7 Å². The van der Waals surface area contributed by atoms with Crippen molar-refractivity contribution in [2.45, 2.75) is 78.1 Å². The SMILES string of the molecule is C.COc1nc(N)nc(N[C@@H](CCCCC(=O)OC(C)(C)C)C(=O)Cc2cccc(C(F)(F)F)c2)c1C#N. The third-order valence-corrected chi connectivity index (χ3v) is 5.07. The van der Waals surface area contributed by atoms with Crippen LogP contribution in [0.2, 0.25) is 0 Å². The van der Waals surface area contributed by atoms with Crippen LogP contribution in [0, 0.1) is 11.3 Å². The van der Waals surface area contributed by atoms with Crippen LogP contribution >= 0.6 is 0 Å². The van der Waals surface area contributed by atoms with Crippen LogP contribution in [0.15, 0.2) is 24.3 Å². The molecule has 1 heterocycles. The minimum absolute atomic E-state index is 0. The van der Waals surface area contributed by atoms with E-state index in [2.05, 4.69) is 15.3 Å². The van der Waals surface area contributed by atoms with Crippen molar-refractivity contribution in [1.82, 2.24) is 9.97 Å². The van der Waals surface area contributed by atoms with Crippen LogP contribution in [0.5, 0.6) is 5.88 Å². The van der Waals surface area contributed by atoms with Gasteiger partial charge >= 0.3 is 12.1 Å². The predicted octanol–water partition coefficient (Wildman–Crippen LogP) is 5.09. The number of aromatic nitrogens is 2. The van der Waals surface area contributed by atoms with Crippen molar-refractivity contribution in [2.75, 3.05) is 18.2 Å². The van der Waals surface area contributed by atoms with Gasteiger partial charge < -0.3 is 20.5 Å². The topological polar surface area (TPSA) is 140 Å². The molecule has 0 saturated heterocycles. The highest BCUT2D eigenvalue weighted by atomic mass is 19.4. The number of unbranched alkanes of at least 4 members (excludes halogenated alkanes) is 1. The van der Waals surface area contributed by atoms with Crippen LogP contribution in [0.3, 0.4) is 0 Å². The maximum atomic E-state index is 13.2. The summed E-state index contributed by atoms with van der Waals surface area (Å²) >= 11 is 0. The second kappa shape index (κ2) is 13.6. The van der Waals surface area contributed by atoms with E-state index in [-0.39, 0.29) is 61.4 Å². The number of nitriles is 1. The van der Waals surface area contributed by atoms with Crippen molar-refractivity contribution < 1.29 is 32.2 Å². The first-order valence-electron chi connectivity index (χ1n) is 11.5. The molecule has 0 saturated carbocycles. The normalized spacial score (nSPS) is 12.1. The molecule has 0 fully saturated rings. The van der Waals surface area contributed by atoms with E-state index in [1.54, 1.807) is 20.8 Å². The van der Waals surface area contributed by atoms with Gasteiger partial charge in [0.2, 0.25) is 11.8 Å². The molecule has 0 spiro atoms. The molecule has 38 heavy (non-hydrogen) atoms. The molecule has 1 atom stereocenters. The van der Waals surface area contributed by atoms with Crippen LogP contribution in [-0.4, -0.2) is 40.5 Å². The number of carbonyl (C=O) groups excluding carboxylic acids is 2. The number of halogens is 3. The van der Waals surface area contributed by atoms with E-state index in [1.165, 1.54) is 19.2 Å². The van der Waals surface area contributed by atoms with Crippen LogP contribution < -0.4 is 15.8 Å². The third kappa shape index (κ3) is 9.88. The fraction of sp³-hybridized carbons (Fsp3) is 0.500. The Kier molecular flexibility index (Phi) is 11.5. The van der Waals surface area contributed by atoms with Crippen molar-refractivity contribution in [3.63, 3.8) is 0 Å². The van der Waals surface area contributed by atoms with E-state index in [0.29, 0.717) is 12.8 Å². The zero-order valence-corrected chi connectivity index (χ0v) is 21.1. The lowest BCUT2D eigenvalue weighted by molar-refractivity contribution is -0.155. The zero-order chi connectivity index (χ0) is 27.8. The Morgan fingerprint density at radius 2 is 1.87 bits per heavy atom. The second-order valence-electron chi connectivity index (χ2n) is 9.30. The number of alkyl halides is 3. The Balaban J connectivity index is 0.00000722. The fourth-order valence-corrected chi connectivity index (χ4v) is 3.48. The number of hydrogen-bond donors (Lipinski definition) is 2. The van der Waals surface area contributed by atoms with E-state index in [4.69, 9.17) is 15.2 Å². The number of esters is 1. The Bertz CT molecular complexity index is 1160. The smallest absolute Gasteiger partial charge is 0.416 e. The number of carbonyl (C=O) groups is 2. The first kappa shape index (κ1) is 32.1. The molecule has 208 valence electrons. The molecular weight excluding hydrogens is 503 g/mol. The summed E-state index contributed by atoms with van der Waals surface area (Å²) < 4.78 is 49.7. The molecule has 0 aliphatic carbocycles. The first-order chi connectivity index (χ1) is 17.2. The van der Waals surface area contributed by atoms with Crippen molar-refractivity contribution >= 4 is 23.5 Å². The molecule has 1 aromatic heterocycles. The summed E-state index contributed by atoms with van der Waals surface area (Å²) in [7, 11) is 1.29. The molecule has 2 rings (SSSR count). The predicted molar refractivity (Wildman–Crippen MR) is 136 cm³/mol. The van der Waals surface area contributed by atoms with Gasteiger partial charge in [-0.2, -0.15) is 28.4 Å². The Labute approximate surface area is 220 Å². The van der Waals surface area contributed by atoms with Crippen LogP contribution in [-0.2, 0) is 26.9 Å². The number of nitrogens with two attached hydrogens (primary N) is 1. The summed E-state index contributed by atoms with van der Waals surface area (Å²) in [5.41, 5.74) is 4.32. The lowest BCUT2D eigenvalue weighted by atomic mass is 9.97. The molecule has 0 unspecified atom stereocenters. The van der Waals surface area contributed by atoms with Crippen molar-refractivity contribution in [3.8, 4) is 11.9 Å². The number of anilines is 2. The second-order valence-corrected chi connectivity index (χ2v) is 9.30. The van der Waals surface area contributed by atoms with E-state index in [1.807, 2.05) is 6.07 Å². The molecule has 0 aliphatic rings. The summed E-state index contributed by atoms with van der Waals surface area (Å²) in [5, 5.41) is 12.4. The lowest BCUT2D eigenvalue weighted by Crippen LogP contribution is -2.32. The van der Waals surface area contributed by atoms with Gasteiger partial charge in [-0.3, -0.25) is 9.59 Å². The Hall–Kier alpha value is -3.88. The summed E-state index contributed by atoms with van der Waals surface area (Å²) in [5.74, 6) is -1.15. The Morgan fingerprint density at radius 3 is 2.45 bits per heavy atom. The number of nitrogens with one attached hydrogen (secondary N) is 1. The highest BCUT2D eigenvalue weighted by Gasteiger charge is 2.31. The average Bonchev–Trinajstić information content (AvgIpc) is 2.79. The van der Waals surface area contributed by atoms with Gasteiger partial charge in [0, 0.05) is 12.8 Å². The number of rotatable bonds is 11. The fourth-order valence-electron chi connectivity index (χ4n) is 3.48. The molecule has 1 aromatic carbocycles. The number of methoxy groups -OCH3 is 1. The summed E-state index contributed by atoms with van der Waals surface area (Å²) in [6, 6.07) is 5.46. The lowest BCUT2D eigenvalue weighted by Gasteiger charge is -2.21. The van der Waals surface area contributed by atoms with E-state index in [0.717, 1.165) is 12.1 Å². The molecule has 0 amide bonds. The minimum atomic E-state index is -4.55. The molecular formula is C26H34F3N5O4. The van der Waals surface area contributed by atoms with Gasteiger partial charge in [-0.1, -0.05) is 32.0 Å². The highest BCUT2D eigenvalue weighted by molar-refractivity contribution is 5.88. The number of Topliss-reactive ketones (excluding diaryl/α,β-unsaturated/α-hetero) is 1. The maximum absolute atomic E-state index is 13.2. The number of benzene rings is 1. The average molecular weight is 538 g/mol. The highest BCUT2D eigenvalue weighted by Crippen LogP contribution is 2.30. The van der Waals surface area contributed by atoms with Gasteiger partial charge in [0.05, 0.1) is 18.7 Å². The van der Waals surface area contributed by atoms with Crippen molar-refractivity contribution in [1.29, 1.82) is 5.26 Å². The van der Waals surface area contributed by atoms with Gasteiger partial charge in [-0.15, -0.1) is 0 Å². The number of ketones is 1. The summed E-state index contributed by atoms with van der Waals surface area (Å²) in [6.07, 6.45) is -3.70. The number of nitrogens with zero attached hydrogens (tertiary/aromatic N) is 3. The van der Waals surface area contributed by atoms with Crippen LogP contribution in [0.25, 0.3) is 0 Å². The molecule has 2 aromatic rings. The molecule has 0 radical (unpaired) electrons.